The second-order valence-electron chi connectivity index (χ2n) is 5.58. The van der Waals surface area contributed by atoms with Crippen LogP contribution in [0.4, 0.5) is 13.2 Å². The Morgan fingerprint density at radius 3 is 2.54 bits per heavy atom. The van der Waals surface area contributed by atoms with Gasteiger partial charge in [0.05, 0.1) is 23.3 Å². The molecule has 1 amide bonds. The van der Waals surface area contributed by atoms with Crippen LogP contribution in [-0.4, -0.2) is 38.5 Å². The van der Waals surface area contributed by atoms with Crippen molar-refractivity contribution in [1.29, 1.82) is 0 Å². The van der Waals surface area contributed by atoms with E-state index in [2.05, 4.69) is 9.97 Å². The number of hydrogen-bond acceptors (Lipinski definition) is 4. The van der Waals surface area contributed by atoms with Crippen LogP contribution in [0.3, 0.4) is 0 Å². The van der Waals surface area contributed by atoms with Crippen LogP contribution in [0.5, 0.6) is 0 Å². The molecule has 2 heterocycles. The number of β-amino-alcohol motifs (C(OH)–C–C–N with tert-alkyl or cyclic N) is 1. The average Bonchev–Trinajstić information content (AvgIpc) is 2.96. The van der Waals surface area contributed by atoms with Crippen molar-refractivity contribution in [3.8, 4) is 0 Å². The van der Waals surface area contributed by atoms with Gasteiger partial charge in [-0.3, -0.25) is 4.79 Å². The van der Waals surface area contributed by atoms with Crippen LogP contribution in [0, 0.1) is 0 Å². The zero-order valence-corrected chi connectivity index (χ0v) is 12.4. The first-order valence-electron chi connectivity index (χ1n) is 7.28. The molecule has 0 bridgehead atoms. The van der Waals surface area contributed by atoms with E-state index >= 15 is 0 Å². The Bertz CT molecular complexity index is 737. The van der Waals surface area contributed by atoms with Gasteiger partial charge in [0, 0.05) is 18.9 Å². The monoisotopic (exact) mass is 337 g/mol. The summed E-state index contributed by atoms with van der Waals surface area (Å²) in [5, 5.41) is 9.91. The molecule has 0 unspecified atom stereocenters. The fraction of sp³-hybridized carbons (Fsp3) is 0.312. The van der Waals surface area contributed by atoms with Gasteiger partial charge >= 0.3 is 6.18 Å². The summed E-state index contributed by atoms with van der Waals surface area (Å²) in [6, 6.07) is 4.26. The van der Waals surface area contributed by atoms with Gasteiger partial charge in [0.2, 0.25) is 0 Å². The van der Waals surface area contributed by atoms with Crippen LogP contribution in [0.2, 0.25) is 0 Å². The standard InChI is InChI=1S/C16H14F3N3O2/c17-16(18,19)13-4-2-1-3-12(13)14-5-11(23)8-22(14)15(24)10-6-20-9-21-7-10/h1-4,6-7,9,11,14,23H,5,8H2/t11-,14-/m0/s1. The van der Waals surface area contributed by atoms with Crippen LogP contribution in [0.15, 0.2) is 43.0 Å². The van der Waals surface area contributed by atoms with Gasteiger partial charge in [-0.25, -0.2) is 9.97 Å². The van der Waals surface area contributed by atoms with Gasteiger partial charge in [0.15, 0.2) is 0 Å². The van der Waals surface area contributed by atoms with Crippen LogP contribution in [0.1, 0.15) is 33.9 Å². The lowest BCUT2D eigenvalue weighted by Gasteiger charge is -2.27. The first kappa shape index (κ1) is 16.4. The maximum absolute atomic E-state index is 13.3. The summed E-state index contributed by atoms with van der Waals surface area (Å²) in [4.78, 5) is 21.3. The number of aliphatic hydroxyl groups excluding tert-OH is 1. The molecule has 1 aliphatic heterocycles. The number of amides is 1. The molecule has 0 saturated carbocycles. The molecule has 8 heteroatoms. The maximum atomic E-state index is 13.3. The molecule has 1 N–H and O–H groups in total. The first-order valence-corrected chi connectivity index (χ1v) is 7.28. The summed E-state index contributed by atoms with van der Waals surface area (Å²) in [7, 11) is 0. The van der Waals surface area contributed by atoms with Crippen LogP contribution >= 0.6 is 0 Å². The molecular formula is C16H14F3N3O2. The Morgan fingerprint density at radius 1 is 1.21 bits per heavy atom. The zero-order valence-electron chi connectivity index (χ0n) is 12.4. The van der Waals surface area contributed by atoms with Crippen molar-refractivity contribution in [2.45, 2.75) is 24.7 Å². The molecule has 24 heavy (non-hydrogen) atoms. The lowest BCUT2D eigenvalue weighted by atomic mass is 9.97. The molecule has 0 radical (unpaired) electrons. The topological polar surface area (TPSA) is 66.3 Å². The normalized spacial score (nSPS) is 21.1. The third-order valence-corrected chi connectivity index (χ3v) is 3.97. The number of aromatic nitrogens is 2. The minimum atomic E-state index is -4.53. The van der Waals surface area contributed by atoms with Gasteiger partial charge in [0.1, 0.15) is 6.33 Å². The van der Waals surface area contributed by atoms with Crippen LogP contribution in [-0.2, 0) is 6.18 Å². The molecule has 2 atom stereocenters. The van der Waals surface area contributed by atoms with Crippen molar-refractivity contribution in [3.05, 3.63) is 59.7 Å². The largest absolute Gasteiger partial charge is 0.416 e. The Hall–Kier alpha value is -2.48. The van der Waals surface area contributed by atoms with E-state index in [1.54, 1.807) is 0 Å². The fourth-order valence-electron chi connectivity index (χ4n) is 2.95. The number of carbonyl (C=O) groups is 1. The molecule has 0 aliphatic carbocycles. The van der Waals surface area contributed by atoms with E-state index in [4.69, 9.17) is 0 Å². The van der Waals surface area contributed by atoms with Crippen LogP contribution in [0.25, 0.3) is 0 Å². The SMILES string of the molecule is O=C(c1cncnc1)N1C[C@@H](O)C[C@H]1c1ccccc1C(F)(F)F. The number of carbonyl (C=O) groups excluding carboxylic acids is 1. The molecular weight excluding hydrogens is 323 g/mol. The molecule has 5 nitrogen and oxygen atoms in total. The lowest BCUT2D eigenvalue weighted by Crippen LogP contribution is -2.32. The third-order valence-electron chi connectivity index (χ3n) is 3.97. The summed E-state index contributed by atoms with van der Waals surface area (Å²) in [5.74, 6) is -0.505. The second-order valence-corrected chi connectivity index (χ2v) is 5.58. The van der Waals surface area contributed by atoms with Crippen molar-refractivity contribution in [3.63, 3.8) is 0 Å². The van der Waals surface area contributed by atoms with E-state index in [0.29, 0.717) is 0 Å². The predicted molar refractivity (Wildman–Crippen MR) is 77.9 cm³/mol. The number of hydrogen-bond donors (Lipinski definition) is 1. The number of benzene rings is 1. The number of rotatable bonds is 2. The zero-order chi connectivity index (χ0) is 17.3. The van der Waals surface area contributed by atoms with E-state index in [-0.39, 0.29) is 24.1 Å². The number of likely N-dealkylation sites (tertiary alicyclic amines) is 1. The molecule has 1 aliphatic rings. The minimum absolute atomic E-state index is 0.0215. The second kappa shape index (κ2) is 6.20. The lowest BCUT2D eigenvalue weighted by molar-refractivity contribution is -0.138. The Labute approximate surface area is 135 Å². The summed E-state index contributed by atoms with van der Waals surface area (Å²) < 4.78 is 39.8. The fourth-order valence-corrected chi connectivity index (χ4v) is 2.95. The highest BCUT2D eigenvalue weighted by Gasteiger charge is 2.41. The molecule has 1 aromatic carbocycles. The number of alkyl halides is 3. The highest BCUT2D eigenvalue weighted by Crippen LogP contribution is 2.40. The van der Waals surface area contributed by atoms with Gasteiger partial charge < -0.3 is 10.0 Å². The molecule has 0 spiro atoms. The Balaban J connectivity index is 1.99. The third kappa shape index (κ3) is 3.09. The molecule has 3 rings (SSSR count). The molecule has 1 saturated heterocycles. The highest BCUT2D eigenvalue weighted by molar-refractivity contribution is 5.94. The van der Waals surface area contributed by atoms with Gasteiger partial charge in [-0.2, -0.15) is 13.2 Å². The number of aliphatic hydroxyl groups is 1. The van der Waals surface area contributed by atoms with Gasteiger partial charge in [0.25, 0.3) is 5.91 Å². The smallest absolute Gasteiger partial charge is 0.391 e. The predicted octanol–water partition coefficient (Wildman–Crippen LogP) is 2.44. The quantitative estimate of drug-likeness (QED) is 0.914. The molecule has 1 fully saturated rings. The highest BCUT2D eigenvalue weighted by atomic mass is 19.4. The van der Waals surface area contributed by atoms with Crippen molar-refractivity contribution >= 4 is 5.91 Å². The summed E-state index contributed by atoms with van der Waals surface area (Å²) >= 11 is 0. The van der Waals surface area contributed by atoms with Crippen molar-refractivity contribution in [2.24, 2.45) is 0 Å². The molecule has 126 valence electrons. The molecule has 1 aromatic heterocycles. The number of nitrogens with zero attached hydrogens (tertiary/aromatic N) is 3. The van der Waals surface area contributed by atoms with Crippen molar-refractivity contribution in [1.82, 2.24) is 14.9 Å². The van der Waals surface area contributed by atoms with Gasteiger partial charge in [-0.05, 0) is 18.1 Å². The van der Waals surface area contributed by atoms with E-state index in [1.165, 1.54) is 41.8 Å². The van der Waals surface area contributed by atoms with E-state index in [9.17, 15) is 23.1 Å². The van der Waals surface area contributed by atoms with Crippen molar-refractivity contribution < 1.29 is 23.1 Å². The minimum Gasteiger partial charge on any atom is -0.391 e. The van der Waals surface area contributed by atoms with Crippen molar-refractivity contribution in [2.75, 3.05) is 6.54 Å². The molecule has 2 aromatic rings. The average molecular weight is 337 g/mol. The summed E-state index contributed by atoms with van der Waals surface area (Å²) in [5.41, 5.74) is -0.654. The maximum Gasteiger partial charge on any atom is 0.416 e. The van der Waals surface area contributed by atoms with Gasteiger partial charge in [-0.15, -0.1) is 0 Å². The van der Waals surface area contributed by atoms with Gasteiger partial charge in [-0.1, -0.05) is 18.2 Å². The number of halogens is 3. The summed E-state index contributed by atoms with van der Waals surface area (Å²) in [6.45, 7) is -0.0371. The van der Waals surface area contributed by atoms with E-state index in [0.717, 1.165) is 6.07 Å². The van der Waals surface area contributed by atoms with Crippen LogP contribution < -0.4 is 0 Å². The Kier molecular flexibility index (Phi) is 4.23. The first-order chi connectivity index (χ1) is 11.4. The Morgan fingerprint density at radius 2 is 1.88 bits per heavy atom. The van der Waals surface area contributed by atoms with E-state index < -0.39 is 29.8 Å². The summed E-state index contributed by atoms with van der Waals surface area (Å²) in [6.07, 6.45) is -1.52. The van der Waals surface area contributed by atoms with E-state index in [1.807, 2.05) is 0 Å².